The molecule has 4 heteroatoms. The van der Waals surface area contributed by atoms with E-state index in [9.17, 15) is 4.79 Å². The van der Waals surface area contributed by atoms with Gasteiger partial charge in [-0.3, -0.25) is 4.79 Å². The Labute approximate surface area is 107 Å². The van der Waals surface area contributed by atoms with Gasteiger partial charge in [0.25, 0.3) is 0 Å². The average molecular weight is 257 g/mol. The van der Waals surface area contributed by atoms with Gasteiger partial charge in [-0.2, -0.15) is 0 Å². The van der Waals surface area contributed by atoms with Crippen LogP contribution in [0.3, 0.4) is 0 Å². The third kappa shape index (κ3) is 5.82. The van der Waals surface area contributed by atoms with Crippen molar-refractivity contribution in [2.24, 2.45) is 0 Å². The van der Waals surface area contributed by atoms with Crippen LogP contribution in [0.1, 0.15) is 24.2 Å². The monoisotopic (exact) mass is 256 g/mol. The predicted octanol–water partition coefficient (Wildman–Crippen LogP) is 2.96. The number of benzene rings is 1. The highest BCUT2D eigenvalue weighted by Gasteiger charge is 2.06. The first-order valence-electron chi connectivity index (χ1n) is 5.57. The summed E-state index contributed by atoms with van der Waals surface area (Å²) in [6.07, 6.45) is 0.183. The highest BCUT2D eigenvalue weighted by atomic mass is 35.5. The molecule has 1 aromatic rings. The molecule has 0 saturated heterocycles. The number of Topliss-reactive ketones (excluding diaryl/α,β-unsaturated/α-hetero) is 1. The number of ether oxygens (including phenoxy) is 2. The molecule has 0 heterocycles. The van der Waals surface area contributed by atoms with Gasteiger partial charge in [-0.05, 0) is 26.0 Å². The molecular formula is C13H17ClO3. The number of halogens is 1. The SMILES string of the molecule is CC(C)OCCOCC(=O)c1cccc(Cl)c1. The van der Waals surface area contributed by atoms with Gasteiger partial charge in [0.05, 0.1) is 19.3 Å². The Morgan fingerprint density at radius 3 is 2.76 bits per heavy atom. The lowest BCUT2D eigenvalue weighted by Gasteiger charge is -2.07. The van der Waals surface area contributed by atoms with E-state index in [1.54, 1.807) is 24.3 Å². The van der Waals surface area contributed by atoms with Crippen molar-refractivity contribution in [1.29, 1.82) is 0 Å². The topological polar surface area (TPSA) is 35.5 Å². The number of hydrogen-bond donors (Lipinski definition) is 0. The molecule has 0 atom stereocenters. The van der Waals surface area contributed by atoms with Crippen LogP contribution in [0.25, 0.3) is 0 Å². The summed E-state index contributed by atoms with van der Waals surface area (Å²) in [7, 11) is 0. The fourth-order valence-corrected chi connectivity index (χ4v) is 1.44. The van der Waals surface area contributed by atoms with E-state index in [4.69, 9.17) is 21.1 Å². The third-order valence-electron chi connectivity index (χ3n) is 2.06. The van der Waals surface area contributed by atoms with Crippen LogP contribution in [0.15, 0.2) is 24.3 Å². The number of ketones is 1. The van der Waals surface area contributed by atoms with E-state index in [0.29, 0.717) is 23.8 Å². The first kappa shape index (κ1) is 14.2. The van der Waals surface area contributed by atoms with Crippen molar-refractivity contribution in [3.63, 3.8) is 0 Å². The molecule has 0 aliphatic carbocycles. The quantitative estimate of drug-likeness (QED) is 0.556. The fourth-order valence-electron chi connectivity index (χ4n) is 1.25. The molecule has 1 rings (SSSR count). The van der Waals surface area contributed by atoms with Crippen LogP contribution >= 0.6 is 11.6 Å². The molecule has 17 heavy (non-hydrogen) atoms. The summed E-state index contributed by atoms with van der Waals surface area (Å²) in [6, 6.07) is 6.84. The smallest absolute Gasteiger partial charge is 0.188 e. The Kier molecular flexibility index (Phi) is 6.19. The number of carbonyl (C=O) groups is 1. The molecule has 0 amide bonds. The maximum Gasteiger partial charge on any atom is 0.188 e. The maximum absolute atomic E-state index is 11.7. The first-order valence-corrected chi connectivity index (χ1v) is 5.95. The lowest BCUT2D eigenvalue weighted by molar-refractivity contribution is 0.0208. The van der Waals surface area contributed by atoms with Crippen LogP contribution in [0.2, 0.25) is 5.02 Å². The van der Waals surface area contributed by atoms with E-state index >= 15 is 0 Å². The lowest BCUT2D eigenvalue weighted by atomic mass is 10.1. The van der Waals surface area contributed by atoms with Gasteiger partial charge in [-0.1, -0.05) is 23.7 Å². The van der Waals surface area contributed by atoms with Gasteiger partial charge in [-0.15, -0.1) is 0 Å². The number of carbonyl (C=O) groups excluding carboxylic acids is 1. The fraction of sp³-hybridized carbons (Fsp3) is 0.462. The second-order valence-electron chi connectivity index (χ2n) is 3.91. The molecular weight excluding hydrogens is 240 g/mol. The normalized spacial score (nSPS) is 10.8. The van der Waals surface area contributed by atoms with Crippen molar-refractivity contribution < 1.29 is 14.3 Å². The van der Waals surface area contributed by atoms with Gasteiger partial charge in [0.2, 0.25) is 0 Å². The minimum atomic E-state index is -0.0722. The van der Waals surface area contributed by atoms with E-state index in [2.05, 4.69) is 0 Å². The highest BCUT2D eigenvalue weighted by Crippen LogP contribution is 2.11. The van der Waals surface area contributed by atoms with E-state index in [-0.39, 0.29) is 18.5 Å². The summed E-state index contributed by atoms with van der Waals surface area (Å²) in [4.78, 5) is 11.7. The molecule has 0 aromatic heterocycles. The number of hydrogen-bond acceptors (Lipinski definition) is 3. The van der Waals surface area contributed by atoms with E-state index < -0.39 is 0 Å². The summed E-state index contributed by atoms with van der Waals surface area (Å²) in [5.41, 5.74) is 0.572. The Morgan fingerprint density at radius 1 is 1.35 bits per heavy atom. The largest absolute Gasteiger partial charge is 0.376 e. The van der Waals surface area contributed by atoms with Crippen LogP contribution in [0, 0.1) is 0 Å². The molecule has 0 saturated carbocycles. The van der Waals surface area contributed by atoms with Gasteiger partial charge < -0.3 is 9.47 Å². The molecule has 1 aromatic carbocycles. The zero-order valence-corrected chi connectivity index (χ0v) is 10.9. The second kappa shape index (κ2) is 7.43. The Balaban J connectivity index is 2.26. The lowest BCUT2D eigenvalue weighted by Crippen LogP contribution is -2.14. The van der Waals surface area contributed by atoms with Crippen molar-refractivity contribution >= 4 is 17.4 Å². The van der Waals surface area contributed by atoms with Crippen LogP contribution < -0.4 is 0 Å². The summed E-state index contributed by atoms with van der Waals surface area (Å²) in [6.45, 7) is 4.89. The van der Waals surface area contributed by atoms with E-state index in [1.165, 1.54) is 0 Å². The summed E-state index contributed by atoms with van der Waals surface area (Å²) in [5.74, 6) is -0.0722. The van der Waals surface area contributed by atoms with Crippen LogP contribution in [0.5, 0.6) is 0 Å². The van der Waals surface area contributed by atoms with Gasteiger partial charge in [0.15, 0.2) is 5.78 Å². The standard InChI is InChI=1S/C13H17ClO3/c1-10(2)17-7-6-16-9-13(15)11-4-3-5-12(14)8-11/h3-5,8,10H,6-7,9H2,1-2H3. The van der Waals surface area contributed by atoms with E-state index in [1.807, 2.05) is 13.8 Å². The zero-order valence-electron chi connectivity index (χ0n) is 10.1. The molecule has 0 unspecified atom stereocenters. The van der Waals surface area contributed by atoms with Gasteiger partial charge in [0.1, 0.15) is 6.61 Å². The maximum atomic E-state index is 11.7. The molecule has 0 aliphatic heterocycles. The molecule has 0 N–H and O–H groups in total. The molecule has 0 fully saturated rings. The Hall–Kier alpha value is -0.900. The van der Waals surface area contributed by atoms with Crippen molar-refractivity contribution in [3.05, 3.63) is 34.9 Å². The molecule has 94 valence electrons. The molecule has 3 nitrogen and oxygen atoms in total. The third-order valence-corrected chi connectivity index (χ3v) is 2.29. The van der Waals surface area contributed by atoms with Gasteiger partial charge in [0, 0.05) is 10.6 Å². The minimum Gasteiger partial charge on any atom is -0.376 e. The summed E-state index contributed by atoms with van der Waals surface area (Å²) < 4.78 is 10.5. The molecule has 0 aliphatic rings. The number of rotatable bonds is 7. The van der Waals surface area contributed by atoms with E-state index in [0.717, 1.165) is 0 Å². The van der Waals surface area contributed by atoms with Crippen LogP contribution in [0.4, 0.5) is 0 Å². The second-order valence-corrected chi connectivity index (χ2v) is 4.34. The van der Waals surface area contributed by atoms with Gasteiger partial charge >= 0.3 is 0 Å². The summed E-state index contributed by atoms with van der Waals surface area (Å²) in [5, 5.41) is 0.555. The highest BCUT2D eigenvalue weighted by molar-refractivity contribution is 6.31. The van der Waals surface area contributed by atoms with Crippen molar-refractivity contribution in [2.45, 2.75) is 20.0 Å². The Bertz CT molecular complexity index is 363. The summed E-state index contributed by atoms with van der Waals surface area (Å²) >= 11 is 5.79. The molecule has 0 bridgehead atoms. The van der Waals surface area contributed by atoms with Crippen molar-refractivity contribution in [2.75, 3.05) is 19.8 Å². The van der Waals surface area contributed by atoms with Crippen LogP contribution in [-0.2, 0) is 9.47 Å². The minimum absolute atomic E-state index is 0.0573. The Morgan fingerprint density at radius 2 is 2.12 bits per heavy atom. The first-order chi connectivity index (χ1) is 8.09. The predicted molar refractivity (Wildman–Crippen MR) is 67.7 cm³/mol. The zero-order chi connectivity index (χ0) is 12.7. The van der Waals surface area contributed by atoms with Gasteiger partial charge in [-0.25, -0.2) is 0 Å². The van der Waals surface area contributed by atoms with Crippen molar-refractivity contribution in [3.8, 4) is 0 Å². The van der Waals surface area contributed by atoms with Crippen LogP contribution in [-0.4, -0.2) is 31.7 Å². The molecule has 0 radical (unpaired) electrons. The van der Waals surface area contributed by atoms with Crippen molar-refractivity contribution in [1.82, 2.24) is 0 Å². The molecule has 0 spiro atoms. The average Bonchev–Trinajstić information content (AvgIpc) is 2.28.